The van der Waals surface area contributed by atoms with E-state index in [0.717, 1.165) is 62.6 Å². The maximum absolute atomic E-state index is 13.4. The summed E-state index contributed by atoms with van der Waals surface area (Å²) in [5.41, 5.74) is 4.98. The smallest absolute Gasteiger partial charge is 0.255 e. The average Bonchev–Trinajstić information content (AvgIpc) is 3.01. The molecule has 3 aromatic carbocycles. The molecule has 7 heteroatoms. The standard InChI is InChI=1S/C34H44N4O3/c1-5-7-8-11-26-14-16-27(17-15-26)33(39)36-28-18-19-30(29(24-28)34(40)35-25(3)6-2)37-20-22-38(23-21-37)31-12-9-10-13-32(31)41-4/h9-10,12-19,24-25H,5-8,11,20-23H2,1-4H3,(H,35,40)(H,36,39)/t25-/m1/s1. The van der Waals surface area contributed by atoms with Crippen molar-refractivity contribution in [2.75, 3.05) is 48.4 Å². The Hall–Kier alpha value is -4.00. The highest BCUT2D eigenvalue weighted by atomic mass is 16.5. The minimum Gasteiger partial charge on any atom is -0.495 e. The van der Waals surface area contributed by atoms with Crippen molar-refractivity contribution in [2.45, 2.75) is 58.9 Å². The largest absolute Gasteiger partial charge is 0.495 e. The normalized spacial score (nSPS) is 14.0. The number of unbranched alkanes of at least 4 members (excludes halogenated alkanes) is 2. The molecule has 0 aromatic heterocycles. The number of amides is 2. The number of piperazine rings is 1. The molecule has 1 atom stereocenters. The van der Waals surface area contributed by atoms with E-state index in [1.165, 1.54) is 18.4 Å². The first kappa shape index (κ1) is 30.0. The van der Waals surface area contributed by atoms with Gasteiger partial charge in [-0.05, 0) is 74.2 Å². The second-order valence-corrected chi connectivity index (χ2v) is 10.8. The minimum absolute atomic E-state index is 0.0480. The zero-order valence-electron chi connectivity index (χ0n) is 24.9. The quantitative estimate of drug-likeness (QED) is 0.248. The monoisotopic (exact) mass is 556 g/mol. The Bertz CT molecular complexity index is 1300. The SMILES string of the molecule is CCCCCc1ccc(C(=O)Nc2ccc(N3CCN(c4ccccc4OC)CC3)c(C(=O)N[C@H](C)CC)c2)cc1. The summed E-state index contributed by atoms with van der Waals surface area (Å²) in [5, 5.41) is 6.11. The van der Waals surface area contributed by atoms with Crippen LogP contribution >= 0.6 is 0 Å². The van der Waals surface area contributed by atoms with E-state index in [1.54, 1.807) is 13.2 Å². The van der Waals surface area contributed by atoms with Crippen molar-refractivity contribution >= 4 is 28.9 Å². The third kappa shape index (κ3) is 7.81. The average molecular weight is 557 g/mol. The number of nitrogens with one attached hydrogen (secondary N) is 2. The van der Waals surface area contributed by atoms with Crippen LogP contribution in [0.15, 0.2) is 66.7 Å². The molecule has 1 saturated heterocycles. The van der Waals surface area contributed by atoms with Crippen molar-refractivity contribution in [3.8, 4) is 5.75 Å². The summed E-state index contributed by atoms with van der Waals surface area (Å²) in [6, 6.07) is 21.6. The van der Waals surface area contributed by atoms with Crippen LogP contribution in [0.3, 0.4) is 0 Å². The number of carbonyl (C=O) groups excluding carboxylic acids is 2. The fourth-order valence-electron chi connectivity index (χ4n) is 5.16. The molecule has 2 amide bonds. The Morgan fingerprint density at radius 3 is 2.20 bits per heavy atom. The highest BCUT2D eigenvalue weighted by Crippen LogP contribution is 2.31. The van der Waals surface area contributed by atoms with E-state index in [-0.39, 0.29) is 17.9 Å². The number of hydrogen-bond donors (Lipinski definition) is 2. The number of hydrogen-bond acceptors (Lipinski definition) is 5. The molecule has 218 valence electrons. The molecule has 1 aliphatic heterocycles. The van der Waals surface area contributed by atoms with Crippen LogP contribution in [0.4, 0.5) is 17.1 Å². The molecule has 0 bridgehead atoms. The van der Waals surface area contributed by atoms with Gasteiger partial charge < -0.3 is 25.2 Å². The lowest BCUT2D eigenvalue weighted by molar-refractivity contribution is 0.0938. The zero-order chi connectivity index (χ0) is 29.2. The summed E-state index contributed by atoms with van der Waals surface area (Å²) in [4.78, 5) is 31.1. The van der Waals surface area contributed by atoms with Crippen molar-refractivity contribution in [1.29, 1.82) is 0 Å². The van der Waals surface area contributed by atoms with E-state index in [9.17, 15) is 9.59 Å². The van der Waals surface area contributed by atoms with Gasteiger partial charge in [0.15, 0.2) is 0 Å². The number of rotatable bonds is 12. The first-order valence-electron chi connectivity index (χ1n) is 14.9. The molecule has 7 nitrogen and oxygen atoms in total. The third-order valence-corrected chi connectivity index (χ3v) is 7.82. The van der Waals surface area contributed by atoms with Gasteiger partial charge >= 0.3 is 0 Å². The summed E-state index contributed by atoms with van der Waals surface area (Å²) < 4.78 is 5.57. The maximum Gasteiger partial charge on any atom is 0.255 e. The van der Waals surface area contributed by atoms with Crippen LogP contribution in [0, 0.1) is 0 Å². The van der Waals surface area contributed by atoms with E-state index in [0.29, 0.717) is 16.8 Å². The summed E-state index contributed by atoms with van der Waals surface area (Å²) in [7, 11) is 1.70. The van der Waals surface area contributed by atoms with Crippen LogP contribution in [-0.2, 0) is 6.42 Å². The molecular formula is C34H44N4O3. The number of ether oxygens (including phenoxy) is 1. The molecule has 0 unspecified atom stereocenters. The number of para-hydroxylation sites is 2. The Morgan fingerprint density at radius 2 is 1.54 bits per heavy atom. The van der Waals surface area contributed by atoms with Crippen LogP contribution in [0.25, 0.3) is 0 Å². The Balaban J connectivity index is 1.50. The van der Waals surface area contributed by atoms with Gasteiger partial charge in [0, 0.05) is 49.2 Å². The lowest BCUT2D eigenvalue weighted by atomic mass is 10.0. The second kappa shape index (κ2) is 14.6. The molecule has 0 radical (unpaired) electrons. The van der Waals surface area contributed by atoms with Crippen LogP contribution in [0.5, 0.6) is 5.75 Å². The van der Waals surface area contributed by atoms with E-state index in [4.69, 9.17) is 4.74 Å². The van der Waals surface area contributed by atoms with Crippen molar-refractivity contribution < 1.29 is 14.3 Å². The van der Waals surface area contributed by atoms with Crippen molar-refractivity contribution in [3.05, 3.63) is 83.4 Å². The molecule has 3 aromatic rings. The van der Waals surface area contributed by atoms with Gasteiger partial charge in [0.25, 0.3) is 11.8 Å². The number of methoxy groups -OCH3 is 1. The Labute approximate surface area is 244 Å². The van der Waals surface area contributed by atoms with Gasteiger partial charge in [-0.1, -0.05) is 51.0 Å². The molecule has 41 heavy (non-hydrogen) atoms. The van der Waals surface area contributed by atoms with E-state index < -0.39 is 0 Å². The number of carbonyl (C=O) groups is 2. The molecule has 1 aliphatic rings. The van der Waals surface area contributed by atoms with Crippen LogP contribution in [0.1, 0.15) is 72.7 Å². The molecular weight excluding hydrogens is 512 g/mol. The number of anilines is 3. The summed E-state index contributed by atoms with van der Waals surface area (Å²) in [5.74, 6) is 0.548. The van der Waals surface area contributed by atoms with E-state index >= 15 is 0 Å². The van der Waals surface area contributed by atoms with Crippen molar-refractivity contribution in [2.24, 2.45) is 0 Å². The Morgan fingerprint density at radius 1 is 0.854 bits per heavy atom. The van der Waals surface area contributed by atoms with Gasteiger partial charge in [-0.3, -0.25) is 9.59 Å². The molecule has 0 spiro atoms. The topological polar surface area (TPSA) is 73.9 Å². The molecule has 0 saturated carbocycles. The second-order valence-electron chi connectivity index (χ2n) is 10.8. The van der Waals surface area contributed by atoms with Crippen LogP contribution in [0.2, 0.25) is 0 Å². The van der Waals surface area contributed by atoms with Gasteiger partial charge in [-0.15, -0.1) is 0 Å². The molecule has 1 heterocycles. The first-order valence-corrected chi connectivity index (χ1v) is 14.9. The van der Waals surface area contributed by atoms with Gasteiger partial charge in [-0.2, -0.15) is 0 Å². The summed E-state index contributed by atoms with van der Waals surface area (Å²) >= 11 is 0. The Kier molecular flexibility index (Phi) is 10.7. The summed E-state index contributed by atoms with van der Waals surface area (Å²) in [6.45, 7) is 9.38. The number of benzene rings is 3. The zero-order valence-corrected chi connectivity index (χ0v) is 24.9. The van der Waals surface area contributed by atoms with Gasteiger partial charge in [0.05, 0.1) is 18.4 Å². The first-order chi connectivity index (χ1) is 19.9. The lowest BCUT2D eigenvalue weighted by Crippen LogP contribution is -2.47. The van der Waals surface area contributed by atoms with Crippen molar-refractivity contribution in [3.63, 3.8) is 0 Å². The van der Waals surface area contributed by atoms with Gasteiger partial charge in [0.1, 0.15) is 5.75 Å². The van der Waals surface area contributed by atoms with E-state index in [2.05, 4.69) is 40.3 Å². The number of nitrogens with zero attached hydrogens (tertiary/aromatic N) is 2. The highest BCUT2D eigenvalue weighted by Gasteiger charge is 2.24. The highest BCUT2D eigenvalue weighted by molar-refractivity contribution is 6.06. The fourth-order valence-corrected chi connectivity index (χ4v) is 5.16. The minimum atomic E-state index is -0.184. The summed E-state index contributed by atoms with van der Waals surface area (Å²) in [6.07, 6.45) is 5.42. The predicted octanol–water partition coefficient (Wildman–Crippen LogP) is 6.54. The van der Waals surface area contributed by atoms with E-state index in [1.807, 2.05) is 61.5 Å². The fraction of sp³-hybridized carbons (Fsp3) is 0.412. The predicted molar refractivity (Wildman–Crippen MR) is 169 cm³/mol. The molecule has 4 rings (SSSR count). The third-order valence-electron chi connectivity index (χ3n) is 7.82. The number of aryl methyl sites for hydroxylation is 1. The van der Waals surface area contributed by atoms with Crippen molar-refractivity contribution in [1.82, 2.24) is 5.32 Å². The molecule has 2 N–H and O–H groups in total. The molecule has 1 fully saturated rings. The lowest BCUT2D eigenvalue weighted by Gasteiger charge is -2.38. The van der Waals surface area contributed by atoms with Crippen LogP contribution in [-0.4, -0.2) is 51.1 Å². The maximum atomic E-state index is 13.4. The van der Waals surface area contributed by atoms with Gasteiger partial charge in [-0.25, -0.2) is 0 Å². The van der Waals surface area contributed by atoms with Gasteiger partial charge in [0.2, 0.25) is 0 Å². The van der Waals surface area contributed by atoms with Crippen LogP contribution < -0.4 is 25.2 Å². The molecule has 0 aliphatic carbocycles.